The molecule has 0 unspecified atom stereocenters. The maximum Gasteiger partial charge on any atom is 0.337 e. The number of ether oxygens (including phenoxy) is 1. The van der Waals surface area contributed by atoms with Crippen LogP contribution in [0.15, 0.2) is 42.5 Å². The van der Waals surface area contributed by atoms with E-state index in [0.29, 0.717) is 11.3 Å². The Hall–Kier alpha value is -3.15. The van der Waals surface area contributed by atoms with Gasteiger partial charge in [0.05, 0.1) is 12.7 Å². The van der Waals surface area contributed by atoms with E-state index in [9.17, 15) is 14.4 Å². The smallest absolute Gasteiger partial charge is 0.337 e. The largest absolute Gasteiger partial charge is 0.465 e. The standard InChI is InChI=1S/C19H20N2O4/c1-12-4-9-16(10-13(12)2)21-18(23)17(22)20-11-14-5-7-15(8-6-14)19(24)25-3/h4-10H,11H2,1-3H3,(H,20,22)(H,21,23). The highest BCUT2D eigenvalue weighted by molar-refractivity contribution is 6.39. The molecule has 2 rings (SSSR count). The summed E-state index contributed by atoms with van der Waals surface area (Å²) in [6.45, 7) is 4.09. The van der Waals surface area contributed by atoms with Crippen molar-refractivity contribution in [3.05, 3.63) is 64.7 Å². The Kier molecular flexibility index (Phi) is 5.89. The highest BCUT2D eigenvalue weighted by Gasteiger charge is 2.14. The lowest BCUT2D eigenvalue weighted by molar-refractivity contribution is -0.136. The Bertz CT molecular complexity index is 798. The van der Waals surface area contributed by atoms with Crippen molar-refractivity contribution in [1.29, 1.82) is 0 Å². The van der Waals surface area contributed by atoms with Gasteiger partial charge in [-0.2, -0.15) is 0 Å². The van der Waals surface area contributed by atoms with Crippen LogP contribution < -0.4 is 10.6 Å². The maximum absolute atomic E-state index is 11.9. The number of carbonyl (C=O) groups excluding carboxylic acids is 3. The number of amides is 2. The van der Waals surface area contributed by atoms with E-state index in [2.05, 4.69) is 15.4 Å². The van der Waals surface area contributed by atoms with Gasteiger partial charge in [0.2, 0.25) is 0 Å². The number of nitrogens with one attached hydrogen (secondary N) is 2. The predicted molar refractivity (Wildman–Crippen MR) is 94.2 cm³/mol. The minimum atomic E-state index is -0.727. The molecule has 0 fully saturated rings. The summed E-state index contributed by atoms with van der Waals surface area (Å²) in [5.74, 6) is -1.88. The first-order valence-electron chi connectivity index (χ1n) is 7.74. The van der Waals surface area contributed by atoms with Gasteiger partial charge in [-0.25, -0.2) is 4.79 Å². The molecule has 25 heavy (non-hydrogen) atoms. The number of esters is 1. The zero-order valence-electron chi connectivity index (χ0n) is 14.4. The molecular weight excluding hydrogens is 320 g/mol. The third kappa shape index (κ3) is 4.91. The molecule has 2 aromatic rings. The molecule has 6 nitrogen and oxygen atoms in total. The van der Waals surface area contributed by atoms with Gasteiger partial charge in [-0.15, -0.1) is 0 Å². The number of rotatable bonds is 4. The Morgan fingerprint density at radius 3 is 2.20 bits per heavy atom. The lowest BCUT2D eigenvalue weighted by Crippen LogP contribution is -2.35. The average molecular weight is 340 g/mol. The van der Waals surface area contributed by atoms with Gasteiger partial charge in [-0.05, 0) is 54.8 Å². The third-order valence-electron chi connectivity index (χ3n) is 3.80. The van der Waals surface area contributed by atoms with E-state index in [1.165, 1.54) is 7.11 Å². The second-order valence-electron chi connectivity index (χ2n) is 5.62. The van der Waals surface area contributed by atoms with Crippen molar-refractivity contribution in [1.82, 2.24) is 5.32 Å². The van der Waals surface area contributed by atoms with Crippen LogP contribution in [0.2, 0.25) is 0 Å². The first-order chi connectivity index (χ1) is 11.9. The van der Waals surface area contributed by atoms with Crippen LogP contribution in [0.5, 0.6) is 0 Å². The van der Waals surface area contributed by atoms with E-state index >= 15 is 0 Å². The van der Waals surface area contributed by atoms with Crippen LogP contribution in [-0.2, 0) is 20.9 Å². The molecule has 6 heteroatoms. The van der Waals surface area contributed by atoms with Crippen LogP contribution >= 0.6 is 0 Å². The second kappa shape index (κ2) is 8.10. The quantitative estimate of drug-likeness (QED) is 0.661. The van der Waals surface area contributed by atoms with Crippen LogP contribution in [0.1, 0.15) is 27.0 Å². The molecule has 0 radical (unpaired) electrons. The van der Waals surface area contributed by atoms with Gasteiger partial charge in [0.1, 0.15) is 0 Å². The van der Waals surface area contributed by atoms with Crippen molar-refractivity contribution in [2.75, 3.05) is 12.4 Å². The number of methoxy groups -OCH3 is 1. The Balaban J connectivity index is 1.89. The van der Waals surface area contributed by atoms with Gasteiger partial charge in [0.15, 0.2) is 0 Å². The summed E-state index contributed by atoms with van der Waals surface area (Å²) in [6.07, 6.45) is 0. The summed E-state index contributed by atoms with van der Waals surface area (Å²) in [4.78, 5) is 35.2. The van der Waals surface area contributed by atoms with Crippen LogP contribution in [0, 0.1) is 13.8 Å². The van der Waals surface area contributed by atoms with Crippen molar-refractivity contribution in [2.24, 2.45) is 0 Å². The molecule has 0 heterocycles. The van der Waals surface area contributed by atoms with Gasteiger partial charge in [-0.3, -0.25) is 9.59 Å². The van der Waals surface area contributed by atoms with E-state index in [4.69, 9.17) is 0 Å². The number of anilines is 1. The summed E-state index contributed by atoms with van der Waals surface area (Å²) in [5, 5.41) is 5.11. The molecule has 0 aliphatic heterocycles. The molecule has 0 aliphatic carbocycles. The number of hydrogen-bond acceptors (Lipinski definition) is 4. The molecule has 2 N–H and O–H groups in total. The van der Waals surface area contributed by atoms with Gasteiger partial charge < -0.3 is 15.4 Å². The lowest BCUT2D eigenvalue weighted by atomic mass is 10.1. The lowest BCUT2D eigenvalue weighted by Gasteiger charge is -2.08. The molecule has 0 saturated heterocycles. The zero-order valence-corrected chi connectivity index (χ0v) is 14.4. The van der Waals surface area contributed by atoms with E-state index in [1.54, 1.807) is 30.3 Å². The number of carbonyl (C=O) groups is 3. The summed E-state index contributed by atoms with van der Waals surface area (Å²) in [5.41, 5.74) is 3.90. The topological polar surface area (TPSA) is 84.5 Å². The van der Waals surface area contributed by atoms with Crippen LogP contribution in [0.4, 0.5) is 5.69 Å². The van der Waals surface area contributed by atoms with Crippen LogP contribution in [-0.4, -0.2) is 24.9 Å². The predicted octanol–water partition coefficient (Wildman–Crippen LogP) is 2.34. The van der Waals surface area contributed by atoms with Crippen molar-refractivity contribution < 1.29 is 19.1 Å². The van der Waals surface area contributed by atoms with Gasteiger partial charge in [0, 0.05) is 12.2 Å². The van der Waals surface area contributed by atoms with Crippen molar-refractivity contribution in [3.8, 4) is 0 Å². The minimum Gasteiger partial charge on any atom is -0.465 e. The molecule has 0 spiro atoms. The van der Waals surface area contributed by atoms with Crippen molar-refractivity contribution >= 4 is 23.5 Å². The number of benzene rings is 2. The Labute approximate surface area is 146 Å². The molecular formula is C19H20N2O4. The van der Waals surface area contributed by atoms with E-state index in [1.807, 2.05) is 26.0 Å². The monoisotopic (exact) mass is 340 g/mol. The number of hydrogen-bond donors (Lipinski definition) is 2. The third-order valence-corrected chi connectivity index (χ3v) is 3.80. The summed E-state index contributed by atoms with van der Waals surface area (Å²) in [6, 6.07) is 12.0. The Morgan fingerprint density at radius 2 is 1.60 bits per heavy atom. The summed E-state index contributed by atoms with van der Waals surface area (Å²) >= 11 is 0. The fourth-order valence-electron chi connectivity index (χ4n) is 2.15. The first-order valence-corrected chi connectivity index (χ1v) is 7.74. The fraction of sp³-hybridized carbons (Fsp3) is 0.211. The molecule has 2 amide bonds. The highest BCUT2D eigenvalue weighted by Crippen LogP contribution is 2.14. The fourth-order valence-corrected chi connectivity index (χ4v) is 2.15. The molecule has 0 saturated carbocycles. The van der Waals surface area contributed by atoms with E-state index < -0.39 is 17.8 Å². The first kappa shape index (κ1) is 18.2. The van der Waals surface area contributed by atoms with Gasteiger partial charge in [0.25, 0.3) is 0 Å². The van der Waals surface area contributed by atoms with Crippen LogP contribution in [0.25, 0.3) is 0 Å². The van der Waals surface area contributed by atoms with Crippen molar-refractivity contribution in [3.63, 3.8) is 0 Å². The zero-order chi connectivity index (χ0) is 18.4. The molecule has 130 valence electrons. The van der Waals surface area contributed by atoms with E-state index in [-0.39, 0.29) is 6.54 Å². The van der Waals surface area contributed by atoms with Crippen LogP contribution in [0.3, 0.4) is 0 Å². The summed E-state index contributed by atoms with van der Waals surface area (Å²) in [7, 11) is 1.31. The Morgan fingerprint density at radius 1 is 0.920 bits per heavy atom. The molecule has 0 atom stereocenters. The minimum absolute atomic E-state index is 0.181. The molecule has 0 aliphatic rings. The summed E-state index contributed by atoms with van der Waals surface area (Å²) < 4.78 is 4.62. The molecule has 2 aromatic carbocycles. The van der Waals surface area contributed by atoms with E-state index in [0.717, 1.165) is 16.7 Å². The SMILES string of the molecule is COC(=O)c1ccc(CNC(=O)C(=O)Nc2ccc(C)c(C)c2)cc1. The maximum atomic E-state index is 11.9. The number of aryl methyl sites for hydroxylation is 2. The normalized spacial score (nSPS) is 10.0. The molecule has 0 aromatic heterocycles. The highest BCUT2D eigenvalue weighted by atomic mass is 16.5. The molecule has 0 bridgehead atoms. The second-order valence-corrected chi connectivity index (χ2v) is 5.62. The van der Waals surface area contributed by atoms with Gasteiger partial charge in [-0.1, -0.05) is 18.2 Å². The average Bonchev–Trinajstić information content (AvgIpc) is 2.62. The van der Waals surface area contributed by atoms with Crippen molar-refractivity contribution in [2.45, 2.75) is 20.4 Å². The van der Waals surface area contributed by atoms with Gasteiger partial charge >= 0.3 is 17.8 Å².